The Morgan fingerprint density at radius 1 is 0.800 bits per heavy atom. The number of carbonyl (C=O) groups is 2. The summed E-state index contributed by atoms with van der Waals surface area (Å²) >= 11 is 0. The molecular weight excluding hydrogens is 476 g/mol. The van der Waals surface area contributed by atoms with Gasteiger partial charge in [-0.25, -0.2) is 17.2 Å². The van der Waals surface area contributed by atoms with Gasteiger partial charge in [-0.2, -0.15) is 4.31 Å². The zero-order valence-electron chi connectivity index (χ0n) is 19.3. The van der Waals surface area contributed by atoms with E-state index in [2.05, 4.69) is 10.6 Å². The third-order valence-corrected chi connectivity index (χ3v) is 8.60. The average Bonchev–Trinajstić information content (AvgIpc) is 2.86. The summed E-state index contributed by atoms with van der Waals surface area (Å²) in [5, 5.41) is 6.00. The first-order valence-electron chi connectivity index (χ1n) is 11.9. The minimum absolute atomic E-state index is 0.00388. The van der Waals surface area contributed by atoms with E-state index in [1.165, 1.54) is 40.7 Å². The number of piperidine rings is 1. The van der Waals surface area contributed by atoms with Gasteiger partial charge in [0.15, 0.2) is 0 Å². The van der Waals surface area contributed by atoms with E-state index in [-0.39, 0.29) is 35.3 Å². The maximum Gasteiger partial charge on any atom is 0.251 e. The first-order chi connectivity index (χ1) is 16.7. The first-order valence-corrected chi connectivity index (χ1v) is 13.3. The van der Waals surface area contributed by atoms with Crippen LogP contribution in [-0.4, -0.2) is 49.7 Å². The highest BCUT2D eigenvalue weighted by Crippen LogP contribution is 2.25. The molecule has 2 aromatic rings. The summed E-state index contributed by atoms with van der Waals surface area (Å²) < 4.78 is 53.7. The molecule has 2 fully saturated rings. The number of carbonyl (C=O) groups excluding carboxylic acids is 2. The highest BCUT2D eigenvalue weighted by Gasteiger charge is 2.35. The second-order valence-corrected chi connectivity index (χ2v) is 11.1. The van der Waals surface area contributed by atoms with Crippen molar-refractivity contribution in [2.75, 3.05) is 13.1 Å². The smallest absolute Gasteiger partial charge is 0.251 e. The molecule has 4 rings (SSSR count). The second kappa shape index (κ2) is 10.8. The summed E-state index contributed by atoms with van der Waals surface area (Å²) in [7, 11) is -3.84. The molecule has 0 radical (unpaired) electrons. The molecule has 1 aliphatic heterocycles. The van der Waals surface area contributed by atoms with E-state index in [0.717, 1.165) is 25.0 Å². The number of rotatable bonds is 6. The van der Waals surface area contributed by atoms with Crippen LogP contribution in [0.2, 0.25) is 0 Å². The normalized spacial score (nSPS) is 23.4. The van der Waals surface area contributed by atoms with Gasteiger partial charge in [0.25, 0.3) is 5.91 Å². The monoisotopic (exact) mass is 505 g/mol. The molecule has 0 aromatic heterocycles. The number of halogens is 2. The molecule has 1 aliphatic carbocycles. The molecule has 1 heterocycles. The third-order valence-electron chi connectivity index (χ3n) is 6.72. The van der Waals surface area contributed by atoms with Gasteiger partial charge in [0.2, 0.25) is 15.9 Å². The summed E-state index contributed by atoms with van der Waals surface area (Å²) in [6.45, 7) is 0.341. The molecule has 188 valence electrons. The van der Waals surface area contributed by atoms with E-state index in [1.54, 1.807) is 0 Å². The van der Waals surface area contributed by atoms with E-state index in [4.69, 9.17) is 0 Å². The lowest BCUT2D eigenvalue weighted by Gasteiger charge is -2.36. The number of sulfonamides is 1. The average molecular weight is 506 g/mol. The van der Waals surface area contributed by atoms with Gasteiger partial charge in [-0.1, -0.05) is 12.8 Å². The fraction of sp³-hybridized carbons (Fsp3) is 0.440. The van der Waals surface area contributed by atoms with Crippen LogP contribution in [0.5, 0.6) is 0 Å². The topological polar surface area (TPSA) is 95.6 Å². The quantitative estimate of drug-likeness (QED) is 0.630. The molecular formula is C25H29F2N3O4S. The Hall–Kier alpha value is -2.85. The van der Waals surface area contributed by atoms with Crippen LogP contribution >= 0.6 is 0 Å². The predicted octanol–water partition coefficient (Wildman–Crippen LogP) is 3.22. The minimum Gasteiger partial charge on any atom is -0.351 e. The lowest BCUT2D eigenvalue weighted by atomic mass is 9.89. The summed E-state index contributed by atoms with van der Waals surface area (Å²) in [5.74, 6) is -2.03. The number of amides is 2. The molecule has 0 unspecified atom stereocenters. The molecule has 0 spiro atoms. The number of hydrogen-bond donors (Lipinski definition) is 2. The Balaban J connectivity index is 1.39. The van der Waals surface area contributed by atoms with Gasteiger partial charge in [-0.15, -0.1) is 0 Å². The number of hydrogen-bond acceptors (Lipinski definition) is 4. The summed E-state index contributed by atoms with van der Waals surface area (Å²) in [6, 6.07) is 9.40. The van der Waals surface area contributed by atoms with Crippen LogP contribution < -0.4 is 10.6 Å². The first kappa shape index (κ1) is 25.2. The van der Waals surface area contributed by atoms with Crippen molar-refractivity contribution in [3.63, 3.8) is 0 Å². The maximum absolute atomic E-state index is 13.2. The van der Waals surface area contributed by atoms with Gasteiger partial charge in [0, 0.05) is 30.7 Å². The zero-order valence-corrected chi connectivity index (χ0v) is 20.1. The molecule has 0 bridgehead atoms. The number of nitrogens with one attached hydrogen (secondary N) is 2. The van der Waals surface area contributed by atoms with Gasteiger partial charge < -0.3 is 10.6 Å². The third kappa shape index (κ3) is 6.05. The minimum atomic E-state index is -3.84. The number of benzene rings is 2. The van der Waals surface area contributed by atoms with Crippen LogP contribution in [0.15, 0.2) is 53.4 Å². The molecule has 2 N–H and O–H groups in total. The Labute approximate surface area is 203 Å². The van der Waals surface area contributed by atoms with Gasteiger partial charge in [0.1, 0.15) is 11.6 Å². The summed E-state index contributed by atoms with van der Waals surface area (Å²) in [4.78, 5) is 25.7. The standard InChI is InChI=1S/C25H29F2N3O4S/c26-19-9-7-17(8-10-19)24(31)28-22-5-1-2-6-23(22)29-25(32)18-4-3-15-30(16-18)35(33,34)21-13-11-20(27)12-14-21/h7-14,18,22-23H,1-6,15-16H2,(H,28,31)(H,29,32)/t18-,22-,23-/m1/s1. The van der Waals surface area contributed by atoms with Crippen molar-refractivity contribution >= 4 is 21.8 Å². The molecule has 10 heteroatoms. The molecule has 2 aromatic carbocycles. The highest BCUT2D eigenvalue weighted by molar-refractivity contribution is 7.89. The van der Waals surface area contributed by atoms with Crippen molar-refractivity contribution in [2.45, 2.75) is 55.5 Å². The van der Waals surface area contributed by atoms with Crippen molar-refractivity contribution in [2.24, 2.45) is 5.92 Å². The van der Waals surface area contributed by atoms with Crippen molar-refractivity contribution in [3.05, 3.63) is 65.7 Å². The van der Waals surface area contributed by atoms with Crippen LogP contribution in [0.3, 0.4) is 0 Å². The molecule has 2 aliphatic rings. The predicted molar refractivity (Wildman–Crippen MR) is 126 cm³/mol. The molecule has 7 nitrogen and oxygen atoms in total. The van der Waals surface area contributed by atoms with Gasteiger partial charge in [0.05, 0.1) is 10.8 Å². The molecule has 3 atom stereocenters. The van der Waals surface area contributed by atoms with E-state index in [1.807, 2.05) is 0 Å². The van der Waals surface area contributed by atoms with Crippen LogP contribution in [0, 0.1) is 17.6 Å². The largest absolute Gasteiger partial charge is 0.351 e. The lowest BCUT2D eigenvalue weighted by Crippen LogP contribution is -2.55. The van der Waals surface area contributed by atoms with Crippen molar-refractivity contribution in [1.82, 2.24) is 14.9 Å². The van der Waals surface area contributed by atoms with E-state index < -0.39 is 27.6 Å². The zero-order chi connectivity index (χ0) is 25.0. The van der Waals surface area contributed by atoms with Crippen LogP contribution in [0.4, 0.5) is 8.78 Å². The number of nitrogens with zero attached hydrogens (tertiary/aromatic N) is 1. The fourth-order valence-corrected chi connectivity index (χ4v) is 6.28. The van der Waals surface area contributed by atoms with Gasteiger partial charge >= 0.3 is 0 Å². The Morgan fingerprint density at radius 3 is 2.00 bits per heavy atom. The highest BCUT2D eigenvalue weighted by atomic mass is 32.2. The SMILES string of the molecule is O=C(N[C@@H]1CCCC[C@H]1NC(=O)[C@@H]1CCCN(S(=O)(=O)c2ccc(F)cc2)C1)c1ccc(F)cc1. The van der Waals surface area contributed by atoms with E-state index >= 15 is 0 Å². The van der Waals surface area contributed by atoms with E-state index in [9.17, 15) is 26.8 Å². The van der Waals surface area contributed by atoms with Crippen molar-refractivity contribution in [1.29, 1.82) is 0 Å². The fourth-order valence-electron chi connectivity index (χ4n) is 4.76. The molecule has 35 heavy (non-hydrogen) atoms. The summed E-state index contributed by atoms with van der Waals surface area (Å²) in [5.41, 5.74) is 0.343. The maximum atomic E-state index is 13.2. The van der Waals surface area contributed by atoms with Crippen molar-refractivity contribution in [3.8, 4) is 0 Å². The Morgan fingerprint density at radius 2 is 1.37 bits per heavy atom. The van der Waals surface area contributed by atoms with Gasteiger partial charge in [-0.3, -0.25) is 9.59 Å². The lowest BCUT2D eigenvalue weighted by molar-refractivity contribution is -0.127. The van der Waals surface area contributed by atoms with Gasteiger partial charge in [-0.05, 0) is 74.2 Å². The van der Waals surface area contributed by atoms with Crippen molar-refractivity contribution < 1.29 is 26.8 Å². The molecule has 1 saturated heterocycles. The Kier molecular flexibility index (Phi) is 7.81. The second-order valence-electron chi connectivity index (χ2n) is 9.14. The molecule has 1 saturated carbocycles. The summed E-state index contributed by atoms with van der Waals surface area (Å²) in [6.07, 6.45) is 4.31. The van der Waals surface area contributed by atoms with E-state index in [0.29, 0.717) is 37.8 Å². The van der Waals surface area contributed by atoms with Crippen LogP contribution in [0.1, 0.15) is 48.9 Å². The Bertz CT molecular complexity index is 1160. The van der Waals surface area contributed by atoms with Crippen LogP contribution in [0.25, 0.3) is 0 Å². The van der Waals surface area contributed by atoms with Crippen LogP contribution in [-0.2, 0) is 14.8 Å². The molecule has 2 amide bonds.